The summed E-state index contributed by atoms with van der Waals surface area (Å²) in [6, 6.07) is 7.20. The van der Waals surface area contributed by atoms with E-state index in [4.69, 9.17) is 4.74 Å². The van der Waals surface area contributed by atoms with E-state index in [9.17, 15) is 9.59 Å². The van der Waals surface area contributed by atoms with Gasteiger partial charge >= 0.3 is 5.97 Å². The van der Waals surface area contributed by atoms with E-state index in [1.165, 1.54) is 7.11 Å². The van der Waals surface area contributed by atoms with Crippen LogP contribution in [-0.4, -0.2) is 26.0 Å². The van der Waals surface area contributed by atoms with Gasteiger partial charge in [0.05, 0.1) is 18.7 Å². The fourth-order valence-corrected chi connectivity index (χ4v) is 1.62. The highest BCUT2D eigenvalue weighted by Crippen LogP contribution is 2.18. The average molecular weight is 313 g/mol. The van der Waals surface area contributed by atoms with Crippen molar-refractivity contribution in [3.8, 4) is 5.75 Å². The van der Waals surface area contributed by atoms with Gasteiger partial charge in [-0.15, -0.1) is 0 Å². The molecule has 0 spiro atoms. The lowest BCUT2D eigenvalue weighted by molar-refractivity contribution is -0.142. The minimum atomic E-state index is -0.555. The van der Waals surface area contributed by atoms with E-state index in [1.54, 1.807) is 25.3 Å². The molecule has 96 valence electrons. The van der Waals surface area contributed by atoms with Gasteiger partial charge in [0, 0.05) is 0 Å². The van der Waals surface area contributed by atoms with Crippen molar-refractivity contribution in [1.82, 2.24) is 0 Å². The van der Waals surface area contributed by atoms with Crippen LogP contribution in [0.4, 0.5) is 0 Å². The van der Waals surface area contributed by atoms with E-state index in [-0.39, 0.29) is 12.2 Å². The Morgan fingerprint density at radius 3 is 2.33 bits per heavy atom. The molecule has 0 aliphatic heterocycles. The number of benzene rings is 1. The van der Waals surface area contributed by atoms with Crippen molar-refractivity contribution >= 4 is 33.8 Å². The van der Waals surface area contributed by atoms with Crippen LogP contribution in [0.2, 0.25) is 0 Å². The molecular weight excluding hydrogens is 300 g/mol. The summed E-state index contributed by atoms with van der Waals surface area (Å²) in [6.07, 6.45) is 1.37. The van der Waals surface area contributed by atoms with Crippen molar-refractivity contribution in [2.75, 3.05) is 14.2 Å². The Kier molecular flexibility index (Phi) is 5.58. The van der Waals surface area contributed by atoms with E-state index in [1.807, 2.05) is 12.1 Å². The zero-order valence-corrected chi connectivity index (χ0v) is 11.7. The summed E-state index contributed by atoms with van der Waals surface area (Å²) >= 11 is 3.15. The molecule has 0 bridgehead atoms. The van der Waals surface area contributed by atoms with Crippen molar-refractivity contribution in [2.45, 2.75) is 6.42 Å². The second kappa shape index (κ2) is 6.96. The molecular formula is C13H13BrO4. The van der Waals surface area contributed by atoms with Gasteiger partial charge in [-0.2, -0.15) is 0 Å². The van der Waals surface area contributed by atoms with Crippen LogP contribution in [-0.2, 0) is 14.3 Å². The third-order valence-corrected chi connectivity index (χ3v) is 2.88. The number of esters is 1. The summed E-state index contributed by atoms with van der Waals surface area (Å²) in [4.78, 5) is 22.6. The van der Waals surface area contributed by atoms with Crippen LogP contribution >= 0.6 is 15.9 Å². The molecule has 1 aromatic rings. The Morgan fingerprint density at radius 2 is 1.83 bits per heavy atom. The lowest BCUT2D eigenvalue weighted by atomic mass is 10.1. The van der Waals surface area contributed by atoms with E-state index >= 15 is 0 Å². The molecule has 0 amide bonds. The average Bonchev–Trinajstić information content (AvgIpc) is 2.39. The van der Waals surface area contributed by atoms with Gasteiger partial charge in [0.25, 0.3) is 0 Å². The van der Waals surface area contributed by atoms with Gasteiger partial charge in [-0.1, -0.05) is 12.1 Å². The van der Waals surface area contributed by atoms with Crippen LogP contribution in [0, 0.1) is 0 Å². The van der Waals surface area contributed by atoms with Crippen molar-refractivity contribution in [3.63, 3.8) is 0 Å². The molecule has 0 aromatic heterocycles. The number of hydrogen-bond donors (Lipinski definition) is 0. The van der Waals surface area contributed by atoms with Crippen LogP contribution in [0.15, 0.2) is 28.7 Å². The fraction of sp³-hybridized carbons (Fsp3) is 0.231. The molecule has 0 N–H and O–H groups in total. The van der Waals surface area contributed by atoms with Gasteiger partial charge in [0.15, 0.2) is 5.78 Å². The van der Waals surface area contributed by atoms with Crippen molar-refractivity contribution in [1.29, 1.82) is 0 Å². The molecule has 1 aromatic carbocycles. The summed E-state index contributed by atoms with van der Waals surface area (Å²) in [5, 5.41) is 0. The molecule has 0 aliphatic carbocycles. The quantitative estimate of drug-likeness (QED) is 0.476. The van der Waals surface area contributed by atoms with Crippen molar-refractivity contribution in [2.24, 2.45) is 0 Å². The van der Waals surface area contributed by atoms with Gasteiger partial charge in [-0.3, -0.25) is 9.59 Å². The molecule has 0 unspecified atom stereocenters. The van der Waals surface area contributed by atoms with E-state index < -0.39 is 5.97 Å². The second-order valence-electron chi connectivity index (χ2n) is 3.44. The van der Waals surface area contributed by atoms with Crippen LogP contribution < -0.4 is 4.74 Å². The summed E-state index contributed by atoms with van der Waals surface area (Å²) in [5.74, 6) is -0.137. The van der Waals surface area contributed by atoms with Crippen LogP contribution in [0.3, 0.4) is 0 Å². The first-order valence-corrected chi connectivity index (χ1v) is 5.97. The summed E-state index contributed by atoms with van der Waals surface area (Å²) in [7, 11) is 2.83. The molecule has 0 fully saturated rings. The SMILES string of the molecule is COC(=O)CC(=O)/C(Br)=C/c1ccc(OC)cc1. The minimum Gasteiger partial charge on any atom is -0.497 e. The maximum absolute atomic E-state index is 11.6. The Hall–Kier alpha value is -1.62. The lowest BCUT2D eigenvalue weighted by Crippen LogP contribution is -2.08. The maximum atomic E-state index is 11.6. The third-order valence-electron chi connectivity index (χ3n) is 2.21. The van der Waals surface area contributed by atoms with Crippen LogP contribution in [0.1, 0.15) is 12.0 Å². The smallest absolute Gasteiger partial charge is 0.313 e. The highest BCUT2D eigenvalue weighted by atomic mass is 79.9. The molecule has 0 saturated carbocycles. The predicted molar refractivity (Wildman–Crippen MR) is 71.5 cm³/mol. The molecule has 0 radical (unpaired) electrons. The molecule has 0 heterocycles. The number of halogens is 1. The van der Waals surface area contributed by atoms with E-state index in [0.29, 0.717) is 4.48 Å². The Balaban J connectivity index is 2.75. The second-order valence-corrected chi connectivity index (χ2v) is 4.30. The number of rotatable bonds is 5. The number of hydrogen-bond acceptors (Lipinski definition) is 4. The Morgan fingerprint density at radius 1 is 1.22 bits per heavy atom. The van der Waals surface area contributed by atoms with Gasteiger partial charge in [0.2, 0.25) is 0 Å². The maximum Gasteiger partial charge on any atom is 0.313 e. The highest BCUT2D eigenvalue weighted by molar-refractivity contribution is 9.12. The molecule has 0 saturated heterocycles. The number of allylic oxidation sites excluding steroid dienone is 1. The van der Waals surface area contributed by atoms with Gasteiger partial charge in [0.1, 0.15) is 12.2 Å². The van der Waals surface area contributed by atoms with Gasteiger partial charge < -0.3 is 9.47 Å². The zero-order chi connectivity index (χ0) is 13.5. The summed E-state index contributed by atoms with van der Waals surface area (Å²) in [6.45, 7) is 0. The molecule has 4 nitrogen and oxygen atoms in total. The first-order valence-electron chi connectivity index (χ1n) is 5.18. The molecule has 1 rings (SSSR count). The minimum absolute atomic E-state index is 0.274. The normalized spacial score (nSPS) is 10.9. The first-order chi connectivity index (χ1) is 8.56. The molecule has 18 heavy (non-hydrogen) atoms. The standard InChI is InChI=1S/C13H13BrO4/c1-17-10-5-3-9(4-6-10)7-11(14)12(15)8-13(16)18-2/h3-7H,8H2,1-2H3/b11-7-. The Bertz CT molecular complexity index is 462. The number of ketones is 1. The highest BCUT2D eigenvalue weighted by Gasteiger charge is 2.12. The monoisotopic (exact) mass is 312 g/mol. The van der Waals surface area contributed by atoms with Crippen molar-refractivity contribution < 1.29 is 19.1 Å². The molecule has 0 aliphatic rings. The number of Topliss-reactive ketones (excluding diaryl/α,β-unsaturated/α-hetero) is 1. The van der Waals surface area contributed by atoms with Crippen LogP contribution in [0.5, 0.6) is 5.75 Å². The number of methoxy groups -OCH3 is 2. The third kappa shape index (κ3) is 4.33. The van der Waals surface area contributed by atoms with Crippen molar-refractivity contribution in [3.05, 3.63) is 34.3 Å². The summed E-state index contributed by atoms with van der Waals surface area (Å²) < 4.78 is 9.79. The number of carbonyl (C=O) groups excluding carboxylic acids is 2. The lowest BCUT2D eigenvalue weighted by Gasteiger charge is -2.01. The van der Waals surface area contributed by atoms with Gasteiger partial charge in [-0.05, 0) is 39.7 Å². The molecule has 0 atom stereocenters. The van der Waals surface area contributed by atoms with Crippen LogP contribution in [0.25, 0.3) is 6.08 Å². The van der Waals surface area contributed by atoms with E-state index in [0.717, 1.165) is 11.3 Å². The topological polar surface area (TPSA) is 52.6 Å². The van der Waals surface area contributed by atoms with Gasteiger partial charge in [-0.25, -0.2) is 0 Å². The number of carbonyl (C=O) groups is 2. The Labute approximate surface area is 114 Å². The molecule has 5 heteroatoms. The number of ether oxygens (including phenoxy) is 2. The zero-order valence-electron chi connectivity index (χ0n) is 10.1. The predicted octanol–water partition coefficient (Wildman–Crippen LogP) is 2.56. The largest absolute Gasteiger partial charge is 0.497 e. The fourth-order valence-electron chi connectivity index (χ4n) is 1.21. The van der Waals surface area contributed by atoms with E-state index in [2.05, 4.69) is 20.7 Å². The summed E-state index contributed by atoms with van der Waals surface area (Å²) in [5.41, 5.74) is 0.834. The first kappa shape index (κ1) is 14.4.